The predicted octanol–water partition coefficient (Wildman–Crippen LogP) is 1.90. The highest BCUT2D eigenvalue weighted by Gasteiger charge is 2.23. The zero-order valence-corrected chi connectivity index (χ0v) is 11.8. The standard InChI is InChI=1S/C15H17N3O3/c1-10-4-2-6-18(9-10)14(19)12-8-11(16-15(20)17-12)13-5-3-7-21-13/h3,5,7-8,10H,2,4,6,9H2,1H3,(H,16,17,20). The number of carbonyl (C=O) groups excluding carboxylic acids is 1. The van der Waals surface area contributed by atoms with Crippen molar-refractivity contribution in [3.8, 4) is 11.5 Å². The molecule has 1 fully saturated rings. The number of furan rings is 1. The van der Waals surface area contributed by atoms with Crippen LogP contribution in [0.5, 0.6) is 0 Å². The minimum absolute atomic E-state index is 0.166. The normalized spacial score (nSPS) is 18.7. The molecule has 1 saturated heterocycles. The molecule has 1 amide bonds. The van der Waals surface area contributed by atoms with Crippen LogP contribution in [-0.4, -0.2) is 33.9 Å². The number of rotatable bonds is 2. The number of nitrogens with zero attached hydrogens (tertiary/aromatic N) is 2. The summed E-state index contributed by atoms with van der Waals surface area (Å²) in [5, 5.41) is 0. The van der Waals surface area contributed by atoms with Crippen molar-refractivity contribution in [3.63, 3.8) is 0 Å². The fourth-order valence-electron chi connectivity index (χ4n) is 2.67. The summed E-state index contributed by atoms with van der Waals surface area (Å²) in [5.74, 6) is 0.797. The highest BCUT2D eigenvalue weighted by atomic mass is 16.3. The zero-order valence-electron chi connectivity index (χ0n) is 11.8. The molecule has 1 aliphatic heterocycles. The summed E-state index contributed by atoms with van der Waals surface area (Å²) in [5.41, 5.74) is 0.0879. The molecule has 6 nitrogen and oxygen atoms in total. The van der Waals surface area contributed by atoms with Crippen molar-refractivity contribution in [2.24, 2.45) is 5.92 Å². The van der Waals surface area contributed by atoms with E-state index in [1.54, 1.807) is 23.1 Å². The van der Waals surface area contributed by atoms with Crippen molar-refractivity contribution < 1.29 is 9.21 Å². The van der Waals surface area contributed by atoms with Gasteiger partial charge in [-0.05, 0) is 37.0 Å². The van der Waals surface area contributed by atoms with E-state index in [1.165, 1.54) is 6.26 Å². The van der Waals surface area contributed by atoms with Crippen LogP contribution < -0.4 is 5.69 Å². The van der Waals surface area contributed by atoms with Crippen molar-refractivity contribution in [1.29, 1.82) is 0 Å². The summed E-state index contributed by atoms with van der Waals surface area (Å²) in [6.45, 7) is 3.55. The molecule has 110 valence electrons. The molecule has 1 atom stereocenters. The number of hydrogen-bond donors (Lipinski definition) is 1. The second kappa shape index (κ2) is 5.55. The maximum Gasteiger partial charge on any atom is 0.346 e. The lowest BCUT2D eigenvalue weighted by atomic mass is 10.00. The van der Waals surface area contributed by atoms with Gasteiger partial charge in [-0.2, -0.15) is 4.98 Å². The lowest BCUT2D eigenvalue weighted by Gasteiger charge is -2.30. The number of nitrogens with one attached hydrogen (secondary N) is 1. The Morgan fingerprint density at radius 3 is 3.10 bits per heavy atom. The first-order valence-corrected chi connectivity index (χ1v) is 7.08. The third kappa shape index (κ3) is 2.89. The molecule has 21 heavy (non-hydrogen) atoms. The topological polar surface area (TPSA) is 79.2 Å². The van der Waals surface area contributed by atoms with E-state index < -0.39 is 5.69 Å². The maximum atomic E-state index is 12.5. The van der Waals surface area contributed by atoms with Crippen LogP contribution in [-0.2, 0) is 0 Å². The molecular weight excluding hydrogens is 270 g/mol. The fourth-order valence-corrected chi connectivity index (χ4v) is 2.67. The molecule has 0 saturated carbocycles. The van der Waals surface area contributed by atoms with Crippen LogP contribution >= 0.6 is 0 Å². The number of hydrogen-bond acceptors (Lipinski definition) is 4. The molecule has 0 bridgehead atoms. The van der Waals surface area contributed by atoms with E-state index >= 15 is 0 Å². The average molecular weight is 287 g/mol. The van der Waals surface area contributed by atoms with Gasteiger partial charge in [-0.3, -0.25) is 4.79 Å². The molecule has 2 aromatic heterocycles. The Kier molecular flexibility index (Phi) is 3.60. The number of aromatic amines is 1. The van der Waals surface area contributed by atoms with E-state index in [2.05, 4.69) is 16.9 Å². The Morgan fingerprint density at radius 2 is 2.38 bits per heavy atom. The molecule has 0 aromatic carbocycles. The smallest absolute Gasteiger partial charge is 0.346 e. The van der Waals surface area contributed by atoms with E-state index in [1.807, 2.05) is 0 Å². The van der Waals surface area contributed by atoms with Crippen molar-refractivity contribution in [3.05, 3.63) is 40.6 Å². The van der Waals surface area contributed by atoms with Crippen LogP contribution in [0.1, 0.15) is 30.3 Å². The van der Waals surface area contributed by atoms with E-state index in [9.17, 15) is 9.59 Å². The first-order chi connectivity index (χ1) is 10.1. The SMILES string of the molecule is CC1CCCN(C(=O)c2cc(-c3ccco3)[nH]c(=O)n2)C1. The van der Waals surface area contributed by atoms with Gasteiger partial charge in [0.1, 0.15) is 11.5 Å². The van der Waals surface area contributed by atoms with E-state index in [0.29, 0.717) is 30.5 Å². The molecule has 1 unspecified atom stereocenters. The molecule has 3 rings (SSSR count). The van der Waals surface area contributed by atoms with Gasteiger partial charge in [0, 0.05) is 13.1 Å². The molecule has 0 spiro atoms. The molecule has 0 aliphatic carbocycles. The summed E-state index contributed by atoms with van der Waals surface area (Å²) in [6.07, 6.45) is 3.63. The van der Waals surface area contributed by atoms with Crippen molar-refractivity contribution in [1.82, 2.24) is 14.9 Å². The lowest BCUT2D eigenvalue weighted by Crippen LogP contribution is -2.40. The van der Waals surface area contributed by atoms with Gasteiger partial charge >= 0.3 is 5.69 Å². The van der Waals surface area contributed by atoms with Gasteiger partial charge in [-0.15, -0.1) is 0 Å². The Labute approximate surface area is 121 Å². The van der Waals surface area contributed by atoms with Gasteiger partial charge in [0.05, 0.1) is 12.0 Å². The number of piperidine rings is 1. The largest absolute Gasteiger partial charge is 0.463 e. The monoisotopic (exact) mass is 287 g/mol. The summed E-state index contributed by atoms with van der Waals surface area (Å²) in [4.78, 5) is 32.3. The minimum atomic E-state index is -0.544. The third-order valence-corrected chi connectivity index (χ3v) is 3.69. The Balaban J connectivity index is 1.91. The maximum absolute atomic E-state index is 12.5. The summed E-state index contributed by atoms with van der Waals surface area (Å²) in [7, 11) is 0. The first kappa shape index (κ1) is 13.6. The summed E-state index contributed by atoms with van der Waals surface area (Å²) >= 11 is 0. The lowest BCUT2D eigenvalue weighted by molar-refractivity contribution is 0.0676. The van der Waals surface area contributed by atoms with E-state index in [-0.39, 0.29) is 11.6 Å². The number of amides is 1. The van der Waals surface area contributed by atoms with Gasteiger partial charge in [0.2, 0.25) is 0 Å². The fraction of sp³-hybridized carbons (Fsp3) is 0.400. The molecular formula is C15H17N3O3. The van der Waals surface area contributed by atoms with Crippen molar-refractivity contribution in [2.75, 3.05) is 13.1 Å². The number of carbonyl (C=O) groups is 1. The predicted molar refractivity (Wildman–Crippen MR) is 76.9 cm³/mol. The summed E-state index contributed by atoms with van der Waals surface area (Å²) in [6, 6.07) is 5.02. The third-order valence-electron chi connectivity index (χ3n) is 3.69. The van der Waals surface area contributed by atoms with Crippen LogP contribution in [0.15, 0.2) is 33.7 Å². The molecule has 3 heterocycles. The number of H-pyrrole nitrogens is 1. The van der Waals surface area contributed by atoms with Crippen LogP contribution in [0.4, 0.5) is 0 Å². The highest BCUT2D eigenvalue weighted by molar-refractivity contribution is 5.93. The Hall–Kier alpha value is -2.37. The van der Waals surface area contributed by atoms with Crippen LogP contribution in [0.3, 0.4) is 0 Å². The molecule has 6 heteroatoms. The van der Waals surface area contributed by atoms with Crippen LogP contribution in [0.25, 0.3) is 11.5 Å². The number of likely N-dealkylation sites (tertiary alicyclic amines) is 1. The second-order valence-corrected chi connectivity index (χ2v) is 5.46. The van der Waals surface area contributed by atoms with E-state index in [0.717, 1.165) is 12.8 Å². The molecule has 0 radical (unpaired) electrons. The van der Waals surface area contributed by atoms with E-state index in [4.69, 9.17) is 4.42 Å². The van der Waals surface area contributed by atoms with Crippen molar-refractivity contribution >= 4 is 5.91 Å². The van der Waals surface area contributed by atoms with Crippen LogP contribution in [0, 0.1) is 5.92 Å². The average Bonchev–Trinajstić information content (AvgIpc) is 3.00. The van der Waals surface area contributed by atoms with Gasteiger partial charge < -0.3 is 14.3 Å². The van der Waals surface area contributed by atoms with Crippen LogP contribution in [0.2, 0.25) is 0 Å². The molecule has 2 aromatic rings. The van der Waals surface area contributed by atoms with Crippen molar-refractivity contribution in [2.45, 2.75) is 19.8 Å². The highest BCUT2D eigenvalue weighted by Crippen LogP contribution is 2.19. The quantitative estimate of drug-likeness (QED) is 0.915. The Morgan fingerprint density at radius 1 is 1.52 bits per heavy atom. The molecule has 1 N–H and O–H groups in total. The Bertz CT molecular complexity index is 690. The number of aromatic nitrogens is 2. The molecule has 1 aliphatic rings. The second-order valence-electron chi connectivity index (χ2n) is 5.46. The zero-order chi connectivity index (χ0) is 14.8. The van der Waals surface area contributed by atoms with Gasteiger partial charge in [-0.25, -0.2) is 4.79 Å². The van der Waals surface area contributed by atoms with Gasteiger partial charge in [0.15, 0.2) is 0 Å². The first-order valence-electron chi connectivity index (χ1n) is 7.08. The van der Waals surface area contributed by atoms with Gasteiger partial charge in [-0.1, -0.05) is 6.92 Å². The summed E-state index contributed by atoms with van der Waals surface area (Å²) < 4.78 is 5.25. The van der Waals surface area contributed by atoms with Gasteiger partial charge in [0.25, 0.3) is 5.91 Å². The minimum Gasteiger partial charge on any atom is -0.463 e.